The van der Waals surface area contributed by atoms with Gasteiger partial charge in [-0.3, -0.25) is 0 Å². The van der Waals surface area contributed by atoms with E-state index in [0.717, 1.165) is 17.9 Å². The zero-order valence-corrected chi connectivity index (χ0v) is 12.3. The molecule has 20 heavy (non-hydrogen) atoms. The Kier molecular flexibility index (Phi) is 4.11. The fourth-order valence-corrected chi connectivity index (χ4v) is 3.56. The Morgan fingerprint density at radius 2 is 2.20 bits per heavy atom. The van der Waals surface area contributed by atoms with Gasteiger partial charge in [0.15, 0.2) is 0 Å². The Morgan fingerprint density at radius 3 is 3.10 bits per heavy atom. The van der Waals surface area contributed by atoms with Gasteiger partial charge in [0, 0.05) is 16.8 Å². The van der Waals surface area contributed by atoms with E-state index in [2.05, 4.69) is 34.6 Å². The molecule has 1 atom stereocenters. The van der Waals surface area contributed by atoms with Crippen LogP contribution >= 0.6 is 11.8 Å². The lowest BCUT2D eigenvalue weighted by molar-refractivity contribution is 0.328. The van der Waals surface area contributed by atoms with Crippen molar-refractivity contribution < 1.29 is 4.74 Å². The van der Waals surface area contributed by atoms with E-state index >= 15 is 0 Å². The smallest absolute Gasteiger partial charge is 0.237 e. The number of nitrogens with zero attached hydrogens (tertiary/aromatic N) is 1. The van der Waals surface area contributed by atoms with Crippen LogP contribution in [0.2, 0.25) is 0 Å². The molecule has 0 aliphatic carbocycles. The van der Waals surface area contributed by atoms with Crippen molar-refractivity contribution >= 4 is 17.4 Å². The third kappa shape index (κ3) is 2.75. The lowest BCUT2D eigenvalue weighted by Crippen LogP contribution is -2.16. The Labute approximate surface area is 123 Å². The van der Waals surface area contributed by atoms with Gasteiger partial charge in [-0.05, 0) is 37.1 Å². The van der Waals surface area contributed by atoms with Gasteiger partial charge in [-0.25, -0.2) is 4.98 Å². The largest absolute Gasteiger partial charge is 0.476 e. The SMILES string of the molecule is CCOc1ncccc1NC1CCSc2ccccc21. The summed E-state index contributed by atoms with van der Waals surface area (Å²) in [7, 11) is 0. The van der Waals surface area contributed by atoms with Crippen LogP contribution in [0.4, 0.5) is 5.69 Å². The maximum atomic E-state index is 5.59. The molecule has 4 heteroatoms. The number of thioether (sulfide) groups is 1. The highest BCUT2D eigenvalue weighted by Gasteiger charge is 2.21. The molecule has 0 radical (unpaired) electrons. The first kappa shape index (κ1) is 13.3. The zero-order chi connectivity index (χ0) is 13.8. The summed E-state index contributed by atoms with van der Waals surface area (Å²) in [6.07, 6.45) is 2.88. The van der Waals surface area contributed by atoms with Gasteiger partial charge in [-0.1, -0.05) is 18.2 Å². The van der Waals surface area contributed by atoms with E-state index in [1.54, 1.807) is 6.20 Å². The normalized spacial score (nSPS) is 17.4. The Morgan fingerprint density at radius 1 is 1.30 bits per heavy atom. The number of anilines is 1. The minimum absolute atomic E-state index is 0.329. The fraction of sp³-hybridized carbons (Fsp3) is 0.312. The van der Waals surface area contributed by atoms with Crippen molar-refractivity contribution in [3.05, 3.63) is 48.2 Å². The van der Waals surface area contributed by atoms with E-state index in [1.807, 2.05) is 30.8 Å². The summed E-state index contributed by atoms with van der Waals surface area (Å²) in [5.74, 6) is 1.82. The van der Waals surface area contributed by atoms with Crippen LogP contribution in [0, 0.1) is 0 Å². The van der Waals surface area contributed by atoms with Crippen molar-refractivity contribution in [2.24, 2.45) is 0 Å². The van der Waals surface area contributed by atoms with E-state index in [-0.39, 0.29) is 0 Å². The van der Waals surface area contributed by atoms with Crippen LogP contribution in [0.3, 0.4) is 0 Å². The van der Waals surface area contributed by atoms with Gasteiger partial charge in [0.25, 0.3) is 0 Å². The molecule has 0 amide bonds. The van der Waals surface area contributed by atoms with Crippen molar-refractivity contribution in [1.82, 2.24) is 4.98 Å². The molecule has 104 valence electrons. The van der Waals surface area contributed by atoms with E-state index < -0.39 is 0 Å². The Balaban J connectivity index is 1.86. The van der Waals surface area contributed by atoms with E-state index in [9.17, 15) is 0 Å². The van der Waals surface area contributed by atoms with Crippen LogP contribution in [-0.2, 0) is 0 Å². The molecule has 1 aliphatic rings. The summed E-state index contributed by atoms with van der Waals surface area (Å²) in [4.78, 5) is 5.67. The maximum Gasteiger partial charge on any atom is 0.237 e. The molecule has 1 N–H and O–H groups in total. The highest BCUT2D eigenvalue weighted by atomic mass is 32.2. The van der Waals surface area contributed by atoms with Crippen LogP contribution in [0.1, 0.15) is 24.9 Å². The molecule has 0 spiro atoms. The molecule has 0 saturated heterocycles. The van der Waals surface area contributed by atoms with Crippen molar-refractivity contribution in [2.75, 3.05) is 17.7 Å². The summed E-state index contributed by atoms with van der Waals surface area (Å²) in [5, 5.41) is 3.59. The van der Waals surface area contributed by atoms with E-state index in [1.165, 1.54) is 10.5 Å². The zero-order valence-electron chi connectivity index (χ0n) is 11.5. The summed E-state index contributed by atoms with van der Waals surface area (Å²) in [5.41, 5.74) is 2.34. The second-order valence-electron chi connectivity index (χ2n) is 4.66. The number of hydrogen-bond acceptors (Lipinski definition) is 4. The third-order valence-corrected chi connectivity index (χ3v) is 4.46. The van der Waals surface area contributed by atoms with Crippen LogP contribution in [0.5, 0.6) is 5.88 Å². The molecule has 3 rings (SSSR count). The van der Waals surface area contributed by atoms with Gasteiger partial charge in [0.1, 0.15) is 0 Å². The number of pyridine rings is 1. The Hall–Kier alpha value is -1.68. The van der Waals surface area contributed by atoms with Gasteiger partial charge in [-0.2, -0.15) is 0 Å². The summed E-state index contributed by atoms with van der Waals surface area (Å²) in [6, 6.07) is 12.9. The molecular weight excluding hydrogens is 268 g/mol. The molecule has 0 bridgehead atoms. The van der Waals surface area contributed by atoms with Gasteiger partial charge in [0.05, 0.1) is 18.3 Å². The monoisotopic (exact) mass is 286 g/mol. The minimum Gasteiger partial charge on any atom is -0.476 e. The standard InChI is InChI=1S/C16H18N2OS/c1-2-19-16-14(7-5-10-17-16)18-13-9-11-20-15-8-4-3-6-12(13)15/h3-8,10,13,18H,2,9,11H2,1H3. The molecule has 3 nitrogen and oxygen atoms in total. The van der Waals surface area contributed by atoms with Crippen molar-refractivity contribution in [3.63, 3.8) is 0 Å². The number of benzene rings is 1. The van der Waals surface area contributed by atoms with Crippen LogP contribution in [0.25, 0.3) is 0 Å². The number of fused-ring (bicyclic) bond motifs is 1. The number of ether oxygens (including phenoxy) is 1. The lowest BCUT2D eigenvalue weighted by atomic mass is 10.0. The van der Waals surface area contributed by atoms with Crippen LogP contribution in [-0.4, -0.2) is 17.3 Å². The first-order valence-corrected chi connectivity index (χ1v) is 7.93. The summed E-state index contributed by atoms with van der Waals surface area (Å²) >= 11 is 1.93. The van der Waals surface area contributed by atoms with Gasteiger partial charge in [0.2, 0.25) is 5.88 Å². The molecule has 0 saturated carbocycles. The van der Waals surface area contributed by atoms with Crippen molar-refractivity contribution in [2.45, 2.75) is 24.3 Å². The maximum absolute atomic E-state index is 5.59. The minimum atomic E-state index is 0.329. The third-order valence-electron chi connectivity index (χ3n) is 3.34. The van der Waals surface area contributed by atoms with E-state index in [0.29, 0.717) is 18.5 Å². The van der Waals surface area contributed by atoms with Crippen molar-refractivity contribution in [1.29, 1.82) is 0 Å². The van der Waals surface area contributed by atoms with Crippen LogP contribution in [0.15, 0.2) is 47.5 Å². The molecule has 1 aromatic carbocycles. The fourth-order valence-electron chi connectivity index (χ4n) is 2.43. The quantitative estimate of drug-likeness (QED) is 0.916. The number of hydrogen-bond donors (Lipinski definition) is 1. The molecule has 1 aromatic heterocycles. The second-order valence-corrected chi connectivity index (χ2v) is 5.80. The summed E-state index contributed by atoms with van der Waals surface area (Å²) < 4.78 is 5.59. The molecular formula is C16H18N2OS. The molecule has 0 fully saturated rings. The number of rotatable bonds is 4. The number of nitrogens with one attached hydrogen (secondary N) is 1. The molecule has 1 aliphatic heterocycles. The first-order chi connectivity index (χ1) is 9.88. The highest BCUT2D eigenvalue weighted by Crippen LogP contribution is 2.38. The van der Waals surface area contributed by atoms with Gasteiger partial charge in [-0.15, -0.1) is 11.8 Å². The van der Waals surface area contributed by atoms with E-state index in [4.69, 9.17) is 4.74 Å². The lowest BCUT2D eigenvalue weighted by Gasteiger charge is -2.27. The Bertz CT molecular complexity index is 588. The highest BCUT2D eigenvalue weighted by molar-refractivity contribution is 7.99. The predicted molar refractivity (Wildman–Crippen MR) is 83.6 cm³/mol. The molecule has 2 aromatic rings. The molecule has 1 unspecified atom stereocenters. The molecule has 2 heterocycles. The topological polar surface area (TPSA) is 34.1 Å². The van der Waals surface area contributed by atoms with Gasteiger partial charge < -0.3 is 10.1 Å². The average Bonchev–Trinajstić information content (AvgIpc) is 2.50. The van der Waals surface area contributed by atoms with Crippen LogP contribution < -0.4 is 10.1 Å². The number of aromatic nitrogens is 1. The average molecular weight is 286 g/mol. The second kappa shape index (κ2) is 6.18. The first-order valence-electron chi connectivity index (χ1n) is 6.94. The van der Waals surface area contributed by atoms with Crippen molar-refractivity contribution in [3.8, 4) is 5.88 Å². The predicted octanol–water partition coefficient (Wildman–Crippen LogP) is 4.13. The van der Waals surface area contributed by atoms with Gasteiger partial charge >= 0.3 is 0 Å². The summed E-state index contributed by atoms with van der Waals surface area (Å²) in [6.45, 7) is 2.60.